The van der Waals surface area contributed by atoms with Gasteiger partial charge in [0.15, 0.2) is 16.7 Å². The molecule has 2 heterocycles. The molecule has 20 heavy (non-hydrogen) atoms. The highest BCUT2D eigenvalue weighted by Crippen LogP contribution is 2.32. The molecule has 6 nitrogen and oxygen atoms in total. The third kappa shape index (κ3) is 2.88. The minimum absolute atomic E-state index is 0.0545. The first-order valence-corrected chi connectivity index (χ1v) is 7.10. The van der Waals surface area contributed by atoms with Gasteiger partial charge < -0.3 is 20.9 Å². The summed E-state index contributed by atoms with van der Waals surface area (Å²) in [5.74, 6) is 2.94. The lowest BCUT2D eigenvalue weighted by molar-refractivity contribution is 0.107. The van der Waals surface area contributed by atoms with Gasteiger partial charge in [0.2, 0.25) is 0 Å². The van der Waals surface area contributed by atoms with Crippen molar-refractivity contribution >= 4 is 23.4 Å². The lowest BCUT2D eigenvalue weighted by atomic mass is 10.3. The minimum Gasteiger partial charge on any atom is -0.486 e. The molecule has 1 aliphatic rings. The SMILES string of the molecule is Nc1cc(N)nc(SCC2COc3ccccc3O2)n1. The van der Waals surface area contributed by atoms with Crippen molar-refractivity contribution in [3.8, 4) is 11.5 Å². The first kappa shape index (κ1) is 12.9. The first-order valence-electron chi connectivity index (χ1n) is 6.12. The number of ether oxygens (including phenoxy) is 2. The number of thioether (sulfide) groups is 1. The van der Waals surface area contributed by atoms with E-state index < -0.39 is 0 Å². The molecule has 4 N–H and O–H groups in total. The first-order chi connectivity index (χ1) is 9.70. The van der Waals surface area contributed by atoms with Crippen molar-refractivity contribution < 1.29 is 9.47 Å². The van der Waals surface area contributed by atoms with Crippen LogP contribution in [0.5, 0.6) is 11.5 Å². The van der Waals surface area contributed by atoms with Crippen LogP contribution in [0.1, 0.15) is 0 Å². The van der Waals surface area contributed by atoms with Crippen LogP contribution in [-0.4, -0.2) is 28.4 Å². The van der Waals surface area contributed by atoms with Crippen molar-refractivity contribution in [2.45, 2.75) is 11.3 Å². The number of nitrogen functional groups attached to an aromatic ring is 2. The van der Waals surface area contributed by atoms with E-state index in [1.165, 1.54) is 17.8 Å². The maximum absolute atomic E-state index is 5.85. The largest absolute Gasteiger partial charge is 0.486 e. The lowest BCUT2D eigenvalue weighted by Gasteiger charge is -2.25. The molecular weight excluding hydrogens is 276 g/mol. The standard InChI is InChI=1S/C13H14N4O2S/c14-11-5-12(15)17-13(16-11)20-7-8-6-18-9-3-1-2-4-10(9)19-8/h1-5,8H,6-7H2,(H4,14,15,16,17). The van der Waals surface area contributed by atoms with Crippen LogP contribution < -0.4 is 20.9 Å². The van der Waals surface area contributed by atoms with Gasteiger partial charge in [-0.2, -0.15) is 0 Å². The number of aromatic nitrogens is 2. The molecule has 0 spiro atoms. The summed E-state index contributed by atoms with van der Waals surface area (Å²) in [6.45, 7) is 0.502. The Labute approximate surface area is 120 Å². The van der Waals surface area contributed by atoms with Crippen LogP contribution >= 0.6 is 11.8 Å². The van der Waals surface area contributed by atoms with Crippen molar-refractivity contribution in [2.24, 2.45) is 0 Å². The van der Waals surface area contributed by atoms with Gasteiger partial charge in [0.25, 0.3) is 0 Å². The summed E-state index contributed by atoms with van der Waals surface area (Å²) in [7, 11) is 0. The van der Waals surface area contributed by atoms with Crippen molar-refractivity contribution in [2.75, 3.05) is 23.8 Å². The number of nitrogens with zero attached hydrogens (tertiary/aromatic N) is 2. The predicted octanol–water partition coefficient (Wildman–Crippen LogP) is 1.57. The van der Waals surface area contributed by atoms with E-state index in [0.29, 0.717) is 29.2 Å². The van der Waals surface area contributed by atoms with E-state index in [1.54, 1.807) is 0 Å². The Morgan fingerprint density at radius 2 is 1.85 bits per heavy atom. The highest BCUT2D eigenvalue weighted by atomic mass is 32.2. The van der Waals surface area contributed by atoms with Gasteiger partial charge in [-0.1, -0.05) is 23.9 Å². The molecule has 0 amide bonds. The highest BCUT2D eigenvalue weighted by molar-refractivity contribution is 7.99. The van der Waals surface area contributed by atoms with Crippen LogP contribution in [0.15, 0.2) is 35.5 Å². The lowest BCUT2D eigenvalue weighted by Crippen LogP contribution is -2.31. The van der Waals surface area contributed by atoms with Crippen LogP contribution in [0.25, 0.3) is 0 Å². The van der Waals surface area contributed by atoms with Crippen molar-refractivity contribution in [1.29, 1.82) is 0 Å². The van der Waals surface area contributed by atoms with E-state index >= 15 is 0 Å². The molecule has 104 valence electrons. The molecule has 1 aromatic carbocycles. The Balaban J connectivity index is 1.62. The summed E-state index contributed by atoms with van der Waals surface area (Å²) >= 11 is 1.44. The molecule has 1 aliphatic heterocycles. The number of fused-ring (bicyclic) bond motifs is 1. The van der Waals surface area contributed by atoms with Crippen molar-refractivity contribution in [3.05, 3.63) is 30.3 Å². The number of nitrogens with two attached hydrogens (primary N) is 2. The van der Waals surface area contributed by atoms with Gasteiger partial charge in [0.05, 0.1) is 0 Å². The molecule has 3 rings (SSSR count). The molecule has 0 bridgehead atoms. The molecule has 7 heteroatoms. The fourth-order valence-electron chi connectivity index (χ4n) is 1.84. The quantitative estimate of drug-likeness (QED) is 0.654. The molecular formula is C13H14N4O2S. The Hall–Kier alpha value is -2.15. The van der Waals surface area contributed by atoms with Crippen LogP contribution in [0.3, 0.4) is 0 Å². The Bertz CT molecular complexity index is 603. The van der Waals surface area contributed by atoms with Crippen LogP contribution in [0.4, 0.5) is 11.6 Å². The molecule has 1 unspecified atom stereocenters. The third-order valence-electron chi connectivity index (χ3n) is 2.71. The summed E-state index contributed by atoms with van der Waals surface area (Å²) in [5.41, 5.74) is 11.3. The van der Waals surface area contributed by atoms with Gasteiger partial charge in [0, 0.05) is 11.8 Å². The fourth-order valence-corrected chi connectivity index (χ4v) is 2.68. The van der Waals surface area contributed by atoms with E-state index in [1.807, 2.05) is 24.3 Å². The number of benzene rings is 1. The zero-order chi connectivity index (χ0) is 13.9. The number of para-hydroxylation sites is 2. The zero-order valence-corrected chi connectivity index (χ0v) is 11.5. The zero-order valence-electron chi connectivity index (χ0n) is 10.7. The van der Waals surface area contributed by atoms with Crippen molar-refractivity contribution in [1.82, 2.24) is 9.97 Å². The van der Waals surface area contributed by atoms with E-state index in [4.69, 9.17) is 20.9 Å². The molecule has 0 radical (unpaired) electrons. The smallest absolute Gasteiger partial charge is 0.191 e. The van der Waals surface area contributed by atoms with Crippen LogP contribution in [-0.2, 0) is 0 Å². The predicted molar refractivity (Wildman–Crippen MR) is 77.9 cm³/mol. The maximum atomic E-state index is 5.85. The van der Waals surface area contributed by atoms with E-state index in [0.717, 1.165) is 11.5 Å². The molecule has 0 saturated heterocycles. The maximum Gasteiger partial charge on any atom is 0.191 e. The van der Waals surface area contributed by atoms with E-state index in [9.17, 15) is 0 Å². The van der Waals surface area contributed by atoms with Crippen LogP contribution in [0.2, 0.25) is 0 Å². The number of rotatable bonds is 3. The van der Waals surface area contributed by atoms with Gasteiger partial charge in [-0.3, -0.25) is 0 Å². The second kappa shape index (κ2) is 5.46. The normalized spacial score (nSPS) is 16.9. The summed E-state index contributed by atoms with van der Waals surface area (Å²) in [5, 5.41) is 0.546. The minimum atomic E-state index is -0.0545. The van der Waals surface area contributed by atoms with Gasteiger partial charge in [-0.05, 0) is 12.1 Å². The number of hydrogen-bond donors (Lipinski definition) is 2. The number of hydrogen-bond acceptors (Lipinski definition) is 7. The highest BCUT2D eigenvalue weighted by Gasteiger charge is 2.21. The van der Waals surface area contributed by atoms with E-state index in [2.05, 4.69) is 9.97 Å². The topological polar surface area (TPSA) is 96.3 Å². The summed E-state index contributed by atoms with van der Waals surface area (Å²) in [6, 6.07) is 9.14. The van der Waals surface area contributed by atoms with Gasteiger partial charge >= 0.3 is 0 Å². The summed E-state index contributed by atoms with van der Waals surface area (Å²) < 4.78 is 11.5. The van der Waals surface area contributed by atoms with Gasteiger partial charge in [-0.15, -0.1) is 0 Å². The Morgan fingerprint density at radius 1 is 1.15 bits per heavy atom. The summed E-state index contributed by atoms with van der Waals surface area (Å²) in [4.78, 5) is 8.23. The second-order valence-corrected chi connectivity index (χ2v) is 5.30. The third-order valence-corrected chi connectivity index (χ3v) is 3.69. The molecule has 0 saturated carbocycles. The van der Waals surface area contributed by atoms with E-state index in [-0.39, 0.29) is 6.10 Å². The molecule has 2 aromatic rings. The second-order valence-electron chi connectivity index (χ2n) is 4.31. The van der Waals surface area contributed by atoms with Crippen molar-refractivity contribution in [3.63, 3.8) is 0 Å². The Kier molecular flexibility index (Phi) is 3.51. The van der Waals surface area contributed by atoms with Gasteiger partial charge in [-0.25, -0.2) is 9.97 Å². The molecule has 1 atom stereocenters. The molecule has 1 aromatic heterocycles. The molecule has 0 fully saturated rings. The van der Waals surface area contributed by atoms with Gasteiger partial charge in [0.1, 0.15) is 24.3 Å². The van der Waals surface area contributed by atoms with Crippen LogP contribution in [0, 0.1) is 0 Å². The molecule has 0 aliphatic carbocycles. The monoisotopic (exact) mass is 290 g/mol. The number of anilines is 2. The fraction of sp³-hybridized carbons (Fsp3) is 0.231. The Morgan fingerprint density at radius 3 is 2.60 bits per heavy atom. The average molecular weight is 290 g/mol. The average Bonchev–Trinajstić information content (AvgIpc) is 2.44. The summed E-state index contributed by atoms with van der Waals surface area (Å²) in [6.07, 6.45) is -0.0545.